The average Bonchev–Trinajstić information content (AvgIpc) is 2.45. The lowest BCUT2D eigenvalue weighted by Crippen LogP contribution is -2.38. The number of hydrogen-bond acceptors (Lipinski definition) is 4. The van der Waals surface area contributed by atoms with Gasteiger partial charge in [0.2, 0.25) is 0 Å². The minimum absolute atomic E-state index is 0.151. The van der Waals surface area contributed by atoms with Crippen LogP contribution in [0.2, 0.25) is 0 Å². The van der Waals surface area contributed by atoms with Crippen LogP contribution < -0.4 is 5.73 Å². The lowest BCUT2D eigenvalue weighted by molar-refractivity contribution is 0.0698. The Morgan fingerprint density at radius 2 is 2.10 bits per heavy atom. The molecule has 0 spiro atoms. The molecule has 0 saturated heterocycles. The lowest BCUT2D eigenvalue weighted by atomic mass is 10.1. The Morgan fingerprint density at radius 3 is 2.67 bits per heavy atom. The van der Waals surface area contributed by atoms with Gasteiger partial charge in [-0.1, -0.05) is 12.2 Å². The Bertz CT molecular complexity index is 471. The van der Waals surface area contributed by atoms with E-state index in [0.29, 0.717) is 37.4 Å². The molecule has 1 aromatic carbocycles. The van der Waals surface area contributed by atoms with Crippen LogP contribution in [0.3, 0.4) is 0 Å². The zero-order valence-corrected chi connectivity index (χ0v) is 13.6. The number of benzene rings is 1. The van der Waals surface area contributed by atoms with Crippen LogP contribution >= 0.6 is 12.2 Å². The molecule has 0 heterocycles. The smallest absolute Gasteiger partial charge is 0.127 e. The highest BCUT2D eigenvalue weighted by Crippen LogP contribution is 2.15. The summed E-state index contributed by atoms with van der Waals surface area (Å²) >= 11 is 4.94. The molecule has 1 aromatic rings. The van der Waals surface area contributed by atoms with Crippen molar-refractivity contribution in [1.29, 1.82) is 0 Å². The molecule has 6 heteroatoms. The Balaban J connectivity index is 2.90. The molecule has 0 aliphatic carbocycles. The van der Waals surface area contributed by atoms with Crippen LogP contribution in [0.5, 0.6) is 0 Å². The fourth-order valence-corrected chi connectivity index (χ4v) is 2.21. The number of nitrogens with two attached hydrogens (primary N) is 1. The van der Waals surface area contributed by atoms with Crippen molar-refractivity contribution in [3.8, 4) is 0 Å². The van der Waals surface area contributed by atoms with E-state index in [9.17, 15) is 4.39 Å². The van der Waals surface area contributed by atoms with Crippen molar-refractivity contribution >= 4 is 17.2 Å². The van der Waals surface area contributed by atoms with E-state index in [4.69, 9.17) is 27.4 Å². The van der Waals surface area contributed by atoms with Gasteiger partial charge in [-0.2, -0.15) is 0 Å². The Kier molecular flexibility index (Phi) is 7.74. The van der Waals surface area contributed by atoms with Gasteiger partial charge < -0.3 is 15.2 Å². The summed E-state index contributed by atoms with van der Waals surface area (Å²) in [7, 11) is 3.30. The van der Waals surface area contributed by atoms with Gasteiger partial charge in [-0.05, 0) is 25.1 Å². The lowest BCUT2D eigenvalue weighted by Gasteiger charge is -2.28. The first-order valence-electron chi connectivity index (χ1n) is 6.79. The first-order valence-corrected chi connectivity index (χ1v) is 7.20. The number of ether oxygens (including phenoxy) is 2. The first kappa shape index (κ1) is 18.0. The van der Waals surface area contributed by atoms with Crippen LogP contribution in [0.4, 0.5) is 4.39 Å². The monoisotopic (exact) mass is 314 g/mol. The van der Waals surface area contributed by atoms with Gasteiger partial charge in [0.1, 0.15) is 10.8 Å². The summed E-state index contributed by atoms with van der Waals surface area (Å²) in [5.41, 5.74) is 6.85. The standard InChI is InChI=1S/C15H23FN2O2S/c1-11(10-20-3)18(6-7-19-2)9-13-8-12(15(17)21)4-5-14(13)16/h4-5,8,11H,6-7,9-10H2,1-3H3,(H2,17,21). The molecule has 0 aliphatic heterocycles. The first-order chi connectivity index (χ1) is 9.99. The highest BCUT2D eigenvalue weighted by Gasteiger charge is 2.16. The fraction of sp³-hybridized carbons (Fsp3) is 0.533. The van der Waals surface area contributed by atoms with Crippen molar-refractivity contribution in [2.75, 3.05) is 34.0 Å². The van der Waals surface area contributed by atoms with Crippen molar-refractivity contribution in [3.63, 3.8) is 0 Å². The van der Waals surface area contributed by atoms with Gasteiger partial charge in [0.25, 0.3) is 0 Å². The molecule has 0 saturated carbocycles. The molecule has 118 valence electrons. The van der Waals surface area contributed by atoms with E-state index in [1.54, 1.807) is 26.4 Å². The molecule has 0 radical (unpaired) electrons. The molecule has 2 N–H and O–H groups in total. The molecule has 1 rings (SSSR count). The number of nitrogens with zero attached hydrogens (tertiary/aromatic N) is 1. The van der Waals surface area contributed by atoms with Gasteiger partial charge in [0.15, 0.2) is 0 Å². The number of hydrogen-bond donors (Lipinski definition) is 1. The number of halogens is 1. The zero-order chi connectivity index (χ0) is 15.8. The molecule has 21 heavy (non-hydrogen) atoms. The summed E-state index contributed by atoms with van der Waals surface area (Å²) in [5.74, 6) is -0.262. The second kappa shape index (κ2) is 9.04. The molecule has 0 amide bonds. The van der Waals surface area contributed by atoms with Crippen LogP contribution in [0, 0.1) is 5.82 Å². The van der Waals surface area contributed by atoms with Crippen molar-refractivity contribution in [3.05, 3.63) is 35.1 Å². The van der Waals surface area contributed by atoms with Crippen LogP contribution in [-0.2, 0) is 16.0 Å². The predicted molar refractivity (Wildman–Crippen MR) is 85.9 cm³/mol. The maximum Gasteiger partial charge on any atom is 0.127 e. The highest BCUT2D eigenvalue weighted by molar-refractivity contribution is 7.80. The third-order valence-electron chi connectivity index (χ3n) is 3.32. The summed E-state index contributed by atoms with van der Waals surface area (Å²) < 4.78 is 24.3. The van der Waals surface area contributed by atoms with E-state index in [1.807, 2.05) is 6.92 Å². The average molecular weight is 314 g/mol. The highest BCUT2D eigenvalue weighted by atomic mass is 32.1. The minimum Gasteiger partial charge on any atom is -0.389 e. The van der Waals surface area contributed by atoms with Gasteiger partial charge in [-0.3, -0.25) is 4.90 Å². The Labute approximate surface area is 131 Å². The number of thiocarbonyl (C=S) groups is 1. The normalized spacial score (nSPS) is 12.6. The summed E-state index contributed by atoms with van der Waals surface area (Å²) in [6.45, 7) is 4.33. The second-order valence-corrected chi connectivity index (χ2v) is 5.38. The summed E-state index contributed by atoms with van der Waals surface area (Å²) in [6.07, 6.45) is 0. The van der Waals surface area contributed by atoms with Gasteiger partial charge in [0.05, 0.1) is 13.2 Å². The van der Waals surface area contributed by atoms with Crippen molar-refractivity contribution < 1.29 is 13.9 Å². The zero-order valence-electron chi connectivity index (χ0n) is 12.8. The summed E-state index contributed by atoms with van der Waals surface area (Å²) in [5, 5.41) is 0. The van der Waals surface area contributed by atoms with E-state index >= 15 is 0 Å². The number of rotatable bonds is 9. The Morgan fingerprint density at radius 1 is 1.38 bits per heavy atom. The van der Waals surface area contributed by atoms with Crippen molar-refractivity contribution in [2.45, 2.75) is 19.5 Å². The third-order valence-corrected chi connectivity index (χ3v) is 3.55. The van der Waals surface area contributed by atoms with Gasteiger partial charge in [0, 0.05) is 44.5 Å². The van der Waals surface area contributed by atoms with E-state index in [1.165, 1.54) is 6.07 Å². The molecule has 4 nitrogen and oxygen atoms in total. The maximum absolute atomic E-state index is 14.0. The quantitative estimate of drug-likeness (QED) is 0.706. The minimum atomic E-state index is -0.262. The molecular formula is C15H23FN2O2S. The molecule has 0 aliphatic rings. The molecular weight excluding hydrogens is 291 g/mol. The molecule has 0 aromatic heterocycles. The van der Waals surface area contributed by atoms with E-state index < -0.39 is 0 Å². The van der Waals surface area contributed by atoms with Crippen LogP contribution in [-0.4, -0.2) is 49.9 Å². The molecule has 1 atom stereocenters. The number of methoxy groups -OCH3 is 2. The summed E-state index contributed by atoms with van der Waals surface area (Å²) in [4.78, 5) is 2.37. The summed E-state index contributed by atoms with van der Waals surface area (Å²) in [6, 6.07) is 4.85. The fourth-order valence-electron chi connectivity index (χ4n) is 2.08. The van der Waals surface area contributed by atoms with E-state index in [0.717, 1.165) is 0 Å². The van der Waals surface area contributed by atoms with Crippen molar-refractivity contribution in [2.24, 2.45) is 5.73 Å². The molecule has 1 unspecified atom stereocenters. The second-order valence-electron chi connectivity index (χ2n) is 4.94. The van der Waals surface area contributed by atoms with Crippen LogP contribution in [0.1, 0.15) is 18.1 Å². The van der Waals surface area contributed by atoms with Gasteiger partial charge in [-0.25, -0.2) is 4.39 Å². The topological polar surface area (TPSA) is 47.7 Å². The molecule has 0 fully saturated rings. The predicted octanol–water partition coefficient (Wildman–Crippen LogP) is 1.94. The molecule has 0 bridgehead atoms. The van der Waals surface area contributed by atoms with E-state index in [2.05, 4.69) is 4.90 Å². The Hall–Kier alpha value is -1.08. The largest absolute Gasteiger partial charge is 0.389 e. The van der Waals surface area contributed by atoms with Gasteiger partial charge >= 0.3 is 0 Å². The van der Waals surface area contributed by atoms with Crippen LogP contribution in [0.15, 0.2) is 18.2 Å². The third kappa shape index (κ3) is 5.67. The van der Waals surface area contributed by atoms with E-state index in [-0.39, 0.29) is 16.8 Å². The maximum atomic E-state index is 14.0. The van der Waals surface area contributed by atoms with Gasteiger partial charge in [-0.15, -0.1) is 0 Å². The van der Waals surface area contributed by atoms with Crippen molar-refractivity contribution in [1.82, 2.24) is 4.90 Å². The SMILES string of the molecule is COCCN(Cc1cc(C(N)=S)ccc1F)C(C)COC. The van der Waals surface area contributed by atoms with Crippen LogP contribution in [0.25, 0.3) is 0 Å².